The normalized spacial score (nSPS) is 13.5. The summed E-state index contributed by atoms with van der Waals surface area (Å²) in [4.78, 5) is 0. The fourth-order valence-corrected chi connectivity index (χ4v) is 2.08. The molecular formula is C9H19I. The molecule has 1 heteroatoms. The van der Waals surface area contributed by atoms with E-state index in [1.807, 2.05) is 0 Å². The standard InChI is InChI=1S/C9H19I/c1-3-5-7-9(8-10)6-4-2/h9H,3-8H2,1-2H3/t9-/m0/s1. The van der Waals surface area contributed by atoms with Crippen molar-refractivity contribution < 1.29 is 0 Å². The zero-order valence-electron chi connectivity index (χ0n) is 7.20. The maximum atomic E-state index is 2.51. The molecule has 0 nitrogen and oxygen atoms in total. The van der Waals surface area contributed by atoms with E-state index in [4.69, 9.17) is 0 Å². The maximum Gasteiger partial charge on any atom is 0.00237 e. The fourth-order valence-electron chi connectivity index (χ4n) is 1.20. The molecule has 10 heavy (non-hydrogen) atoms. The Balaban J connectivity index is 3.21. The molecule has 0 aliphatic carbocycles. The summed E-state index contributed by atoms with van der Waals surface area (Å²) in [5.41, 5.74) is 0. The highest BCUT2D eigenvalue weighted by molar-refractivity contribution is 14.1. The number of unbranched alkanes of at least 4 members (excludes halogenated alkanes) is 1. The first-order chi connectivity index (χ1) is 4.85. The first kappa shape index (κ1) is 10.7. The number of halogens is 1. The summed E-state index contributed by atoms with van der Waals surface area (Å²) in [7, 11) is 0. The Labute approximate surface area is 78.9 Å². The molecule has 0 heterocycles. The Morgan fingerprint density at radius 1 is 1.10 bits per heavy atom. The first-order valence-corrected chi connectivity index (χ1v) is 5.93. The van der Waals surface area contributed by atoms with Gasteiger partial charge in [0.05, 0.1) is 0 Å². The monoisotopic (exact) mass is 254 g/mol. The predicted octanol–water partition coefficient (Wildman–Crippen LogP) is 4.03. The van der Waals surface area contributed by atoms with E-state index in [2.05, 4.69) is 36.4 Å². The van der Waals surface area contributed by atoms with E-state index in [1.165, 1.54) is 36.5 Å². The van der Waals surface area contributed by atoms with Crippen molar-refractivity contribution in [2.75, 3.05) is 4.43 Å². The van der Waals surface area contributed by atoms with Crippen molar-refractivity contribution in [1.82, 2.24) is 0 Å². The van der Waals surface area contributed by atoms with Gasteiger partial charge in [0.2, 0.25) is 0 Å². The van der Waals surface area contributed by atoms with Crippen LogP contribution >= 0.6 is 22.6 Å². The Morgan fingerprint density at radius 2 is 1.80 bits per heavy atom. The number of alkyl halides is 1. The van der Waals surface area contributed by atoms with Crippen molar-refractivity contribution in [2.24, 2.45) is 5.92 Å². The third-order valence-corrected chi connectivity index (χ3v) is 3.13. The van der Waals surface area contributed by atoms with Gasteiger partial charge < -0.3 is 0 Å². The lowest BCUT2D eigenvalue weighted by Crippen LogP contribution is -2.00. The molecule has 0 fully saturated rings. The highest BCUT2D eigenvalue weighted by Gasteiger charge is 2.03. The van der Waals surface area contributed by atoms with Crippen molar-refractivity contribution in [3.05, 3.63) is 0 Å². The van der Waals surface area contributed by atoms with E-state index >= 15 is 0 Å². The zero-order valence-corrected chi connectivity index (χ0v) is 9.36. The largest absolute Gasteiger partial charge is 0.0861 e. The van der Waals surface area contributed by atoms with Gasteiger partial charge in [0.1, 0.15) is 0 Å². The molecule has 0 N–H and O–H groups in total. The van der Waals surface area contributed by atoms with Crippen LogP contribution in [-0.2, 0) is 0 Å². The lowest BCUT2D eigenvalue weighted by Gasteiger charge is -2.10. The van der Waals surface area contributed by atoms with Gasteiger partial charge in [-0.2, -0.15) is 0 Å². The third kappa shape index (κ3) is 5.51. The average molecular weight is 254 g/mol. The Kier molecular flexibility index (Phi) is 8.40. The lowest BCUT2D eigenvalue weighted by atomic mass is 10.00. The van der Waals surface area contributed by atoms with Crippen molar-refractivity contribution in [3.8, 4) is 0 Å². The molecule has 0 aliphatic rings. The van der Waals surface area contributed by atoms with Crippen LogP contribution in [0.3, 0.4) is 0 Å². The van der Waals surface area contributed by atoms with Gasteiger partial charge in [0, 0.05) is 4.43 Å². The Morgan fingerprint density at radius 3 is 2.20 bits per heavy atom. The van der Waals surface area contributed by atoms with Gasteiger partial charge in [-0.1, -0.05) is 55.7 Å². The van der Waals surface area contributed by atoms with Gasteiger partial charge >= 0.3 is 0 Å². The van der Waals surface area contributed by atoms with Gasteiger partial charge in [-0.15, -0.1) is 0 Å². The van der Waals surface area contributed by atoms with Gasteiger partial charge in [0.15, 0.2) is 0 Å². The van der Waals surface area contributed by atoms with Crippen LogP contribution in [0.2, 0.25) is 0 Å². The van der Waals surface area contributed by atoms with E-state index in [-0.39, 0.29) is 0 Å². The third-order valence-electron chi connectivity index (χ3n) is 1.88. The molecule has 0 aromatic carbocycles. The molecule has 0 aromatic heterocycles. The summed E-state index contributed by atoms with van der Waals surface area (Å²) >= 11 is 2.51. The van der Waals surface area contributed by atoms with Gasteiger partial charge in [-0.3, -0.25) is 0 Å². The van der Waals surface area contributed by atoms with Crippen LogP contribution in [0.5, 0.6) is 0 Å². The van der Waals surface area contributed by atoms with Gasteiger partial charge in [-0.25, -0.2) is 0 Å². The lowest BCUT2D eigenvalue weighted by molar-refractivity contribution is 0.479. The quantitative estimate of drug-likeness (QED) is 0.496. The molecule has 0 bridgehead atoms. The average Bonchev–Trinajstić information content (AvgIpc) is 1.98. The van der Waals surface area contributed by atoms with Crippen LogP contribution in [0, 0.1) is 5.92 Å². The summed E-state index contributed by atoms with van der Waals surface area (Å²) in [6.45, 7) is 4.56. The highest BCUT2D eigenvalue weighted by Crippen LogP contribution is 2.16. The summed E-state index contributed by atoms with van der Waals surface area (Å²) in [5.74, 6) is 1.01. The summed E-state index contributed by atoms with van der Waals surface area (Å²) in [6.07, 6.45) is 7.03. The number of hydrogen-bond acceptors (Lipinski definition) is 0. The Hall–Kier alpha value is 0.730. The summed E-state index contributed by atoms with van der Waals surface area (Å²) in [5, 5.41) is 0. The Bertz CT molecular complexity index is 61.7. The summed E-state index contributed by atoms with van der Waals surface area (Å²) in [6, 6.07) is 0. The van der Waals surface area contributed by atoms with E-state index in [0.717, 1.165) is 5.92 Å². The van der Waals surface area contributed by atoms with Crippen molar-refractivity contribution in [1.29, 1.82) is 0 Å². The maximum absolute atomic E-state index is 2.51. The molecule has 0 aliphatic heterocycles. The van der Waals surface area contributed by atoms with Crippen molar-refractivity contribution in [3.63, 3.8) is 0 Å². The van der Waals surface area contributed by atoms with Crippen LogP contribution in [0.25, 0.3) is 0 Å². The minimum atomic E-state index is 1.01. The molecule has 0 radical (unpaired) electrons. The van der Waals surface area contributed by atoms with Crippen LogP contribution in [0.4, 0.5) is 0 Å². The second-order valence-corrected chi connectivity index (χ2v) is 3.83. The molecule has 62 valence electrons. The minimum Gasteiger partial charge on any atom is -0.0861 e. The van der Waals surface area contributed by atoms with E-state index in [9.17, 15) is 0 Å². The molecular weight excluding hydrogens is 235 g/mol. The SMILES string of the molecule is CCCC[C@@H](CI)CCC. The molecule has 0 rings (SSSR count). The molecule has 0 spiro atoms. The van der Waals surface area contributed by atoms with Crippen LogP contribution in [0.1, 0.15) is 46.0 Å². The minimum absolute atomic E-state index is 1.01. The first-order valence-electron chi connectivity index (χ1n) is 4.41. The van der Waals surface area contributed by atoms with E-state index in [0.29, 0.717) is 0 Å². The molecule has 0 amide bonds. The van der Waals surface area contributed by atoms with Crippen molar-refractivity contribution >= 4 is 22.6 Å². The van der Waals surface area contributed by atoms with Crippen molar-refractivity contribution in [2.45, 2.75) is 46.0 Å². The van der Waals surface area contributed by atoms with E-state index < -0.39 is 0 Å². The molecule has 0 saturated heterocycles. The molecule has 0 aromatic rings. The second kappa shape index (κ2) is 7.83. The van der Waals surface area contributed by atoms with E-state index in [1.54, 1.807) is 0 Å². The predicted molar refractivity (Wildman–Crippen MR) is 56.8 cm³/mol. The van der Waals surface area contributed by atoms with Gasteiger partial charge in [0.25, 0.3) is 0 Å². The second-order valence-electron chi connectivity index (χ2n) is 2.95. The molecule has 1 atom stereocenters. The molecule has 0 saturated carbocycles. The number of hydrogen-bond donors (Lipinski definition) is 0. The van der Waals surface area contributed by atoms with Crippen LogP contribution < -0.4 is 0 Å². The molecule has 0 unspecified atom stereocenters. The summed E-state index contributed by atoms with van der Waals surface area (Å²) < 4.78 is 1.35. The van der Waals surface area contributed by atoms with Crippen LogP contribution in [0.15, 0.2) is 0 Å². The fraction of sp³-hybridized carbons (Fsp3) is 1.00. The van der Waals surface area contributed by atoms with Gasteiger partial charge in [-0.05, 0) is 18.8 Å². The smallest absolute Gasteiger partial charge is 0.00237 e. The highest BCUT2D eigenvalue weighted by atomic mass is 127. The zero-order chi connectivity index (χ0) is 7.82. The number of rotatable bonds is 6. The topological polar surface area (TPSA) is 0 Å². The van der Waals surface area contributed by atoms with Crippen LogP contribution in [-0.4, -0.2) is 4.43 Å².